The molecular weight excluding hydrogens is 378 g/mol. The summed E-state index contributed by atoms with van der Waals surface area (Å²) in [5.74, 6) is 0.570. The molecule has 0 saturated carbocycles. The Morgan fingerprint density at radius 3 is 2.52 bits per heavy atom. The van der Waals surface area contributed by atoms with Crippen LogP contribution in [0, 0.1) is 5.92 Å². The first kappa shape index (κ1) is 18.5. The van der Waals surface area contributed by atoms with E-state index in [2.05, 4.69) is 12.1 Å². The molecule has 0 radical (unpaired) electrons. The fourth-order valence-corrected chi connectivity index (χ4v) is 5.00. The van der Waals surface area contributed by atoms with E-state index < -0.39 is 0 Å². The predicted molar refractivity (Wildman–Crippen MR) is 112 cm³/mol. The van der Waals surface area contributed by atoms with E-state index in [9.17, 15) is 4.79 Å². The highest BCUT2D eigenvalue weighted by Crippen LogP contribution is 2.36. The quantitative estimate of drug-likeness (QED) is 0.557. The number of hydrogen-bond acceptors (Lipinski definition) is 3. The van der Waals surface area contributed by atoms with Crippen LogP contribution in [0.15, 0.2) is 54.6 Å². The fourth-order valence-electron chi connectivity index (χ4n) is 3.52. The summed E-state index contributed by atoms with van der Waals surface area (Å²) in [6.45, 7) is 2.93. The van der Waals surface area contributed by atoms with E-state index in [1.54, 1.807) is 0 Å². The smallest absolute Gasteiger partial charge is 0.265 e. The molecule has 5 heteroatoms. The summed E-state index contributed by atoms with van der Waals surface area (Å²) in [5.41, 5.74) is 1.20. The number of carbonyl (C=O) groups is 1. The molecule has 0 atom stereocenters. The Morgan fingerprint density at radius 2 is 1.78 bits per heavy atom. The lowest BCUT2D eigenvalue weighted by Gasteiger charge is -2.31. The van der Waals surface area contributed by atoms with E-state index in [1.165, 1.54) is 16.9 Å². The predicted octanol–water partition coefficient (Wildman–Crippen LogP) is 5.62. The van der Waals surface area contributed by atoms with Crippen LogP contribution < -0.4 is 0 Å². The normalized spacial score (nSPS) is 15.4. The number of benzene rings is 2. The van der Waals surface area contributed by atoms with Crippen molar-refractivity contribution in [1.29, 1.82) is 0 Å². The third kappa shape index (κ3) is 4.18. The van der Waals surface area contributed by atoms with Gasteiger partial charge in [0.2, 0.25) is 0 Å². The molecule has 27 heavy (non-hydrogen) atoms. The van der Waals surface area contributed by atoms with Crippen molar-refractivity contribution in [2.24, 2.45) is 5.92 Å². The monoisotopic (exact) mass is 399 g/mol. The van der Waals surface area contributed by atoms with Crippen LogP contribution in [0.2, 0.25) is 5.02 Å². The van der Waals surface area contributed by atoms with Gasteiger partial charge in [0.15, 0.2) is 0 Å². The largest absolute Gasteiger partial charge is 0.376 e. The van der Waals surface area contributed by atoms with Gasteiger partial charge in [0.1, 0.15) is 4.88 Å². The summed E-state index contributed by atoms with van der Waals surface area (Å²) < 4.78 is 6.94. The van der Waals surface area contributed by atoms with Gasteiger partial charge in [0.05, 0.1) is 11.6 Å². The number of ether oxygens (including phenoxy) is 1. The molecule has 1 aliphatic rings. The van der Waals surface area contributed by atoms with Crippen LogP contribution >= 0.6 is 22.9 Å². The summed E-state index contributed by atoms with van der Waals surface area (Å²) in [5, 5.41) is 1.56. The van der Waals surface area contributed by atoms with Gasteiger partial charge in [-0.3, -0.25) is 4.79 Å². The highest BCUT2D eigenvalue weighted by molar-refractivity contribution is 7.21. The van der Waals surface area contributed by atoms with Crippen molar-refractivity contribution in [3.05, 3.63) is 70.1 Å². The van der Waals surface area contributed by atoms with Crippen LogP contribution in [-0.2, 0) is 11.3 Å². The third-order valence-electron chi connectivity index (χ3n) is 5.10. The second-order valence-electron chi connectivity index (χ2n) is 6.98. The Balaban J connectivity index is 1.30. The SMILES string of the molecule is O=C(c1sc2ccccc2c1Cl)N1CCC(COCc2ccccc2)CC1. The van der Waals surface area contributed by atoms with Gasteiger partial charge < -0.3 is 9.64 Å². The molecule has 3 aromatic rings. The van der Waals surface area contributed by atoms with Crippen LogP contribution in [0.4, 0.5) is 0 Å². The molecule has 1 saturated heterocycles. The second kappa shape index (κ2) is 8.42. The van der Waals surface area contributed by atoms with Crippen molar-refractivity contribution in [2.75, 3.05) is 19.7 Å². The van der Waals surface area contributed by atoms with Gasteiger partial charge in [0, 0.05) is 29.8 Å². The maximum Gasteiger partial charge on any atom is 0.265 e. The second-order valence-corrected chi connectivity index (χ2v) is 8.41. The molecule has 1 aromatic heterocycles. The molecule has 3 nitrogen and oxygen atoms in total. The zero-order valence-electron chi connectivity index (χ0n) is 15.1. The average molecular weight is 400 g/mol. The topological polar surface area (TPSA) is 29.5 Å². The number of fused-ring (bicyclic) bond motifs is 1. The highest BCUT2D eigenvalue weighted by Gasteiger charge is 2.27. The molecule has 0 unspecified atom stereocenters. The lowest BCUT2D eigenvalue weighted by molar-refractivity contribution is 0.0481. The van der Waals surface area contributed by atoms with Gasteiger partial charge in [-0.05, 0) is 30.4 Å². The van der Waals surface area contributed by atoms with E-state index >= 15 is 0 Å². The third-order valence-corrected chi connectivity index (χ3v) is 6.76. The van der Waals surface area contributed by atoms with Gasteiger partial charge in [0.25, 0.3) is 5.91 Å². The van der Waals surface area contributed by atoms with E-state index in [4.69, 9.17) is 16.3 Å². The van der Waals surface area contributed by atoms with Crippen molar-refractivity contribution in [1.82, 2.24) is 4.90 Å². The molecule has 0 spiro atoms. The van der Waals surface area contributed by atoms with Crippen molar-refractivity contribution >= 4 is 38.9 Å². The summed E-state index contributed by atoms with van der Waals surface area (Å²) in [6, 6.07) is 18.1. The zero-order chi connectivity index (χ0) is 18.6. The lowest BCUT2D eigenvalue weighted by Crippen LogP contribution is -2.39. The highest BCUT2D eigenvalue weighted by atomic mass is 35.5. The molecule has 1 aliphatic heterocycles. The summed E-state index contributed by atoms with van der Waals surface area (Å²) in [4.78, 5) is 15.5. The van der Waals surface area contributed by atoms with E-state index in [1.807, 2.05) is 47.4 Å². The minimum atomic E-state index is 0.0600. The number of nitrogens with zero attached hydrogens (tertiary/aromatic N) is 1. The minimum Gasteiger partial charge on any atom is -0.376 e. The van der Waals surface area contributed by atoms with Gasteiger partial charge in [-0.25, -0.2) is 0 Å². The van der Waals surface area contributed by atoms with E-state index in [0.717, 1.165) is 42.6 Å². The van der Waals surface area contributed by atoms with Crippen LogP contribution in [0.3, 0.4) is 0 Å². The summed E-state index contributed by atoms with van der Waals surface area (Å²) >= 11 is 7.96. The van der Waals surface area contributed by atoms with Crippen LogP contribution in [0.5, 0.6) is 0 Å². The fraction of sp³-hybridized carbons (Fsp3) is 0.318. The minimum absolute atomic E-state index is 0.0600. The first-order valence-electron chi connectivity index (χ1n) is 9.30. The van der Waals surface area contributed by atoms with Crippen LogP contribution in [-0.4, -0.2) is 30.5 Å². The molecule has 0 aliphatic carbocycles. The van der Waals surface area contributed by atoms with Crippen molar-refractivity contribution in [2.45, 2.75) is 19.4 Å². The lowest BCUT2D eigenvalue weighted by atomic mass is 9.97. The molecule has 1 amide bonds. The number of amides is 1. The van der Waals surface area contributed by atoms with Gasteiger partial charge >= 0.3 is 0 Å². The molecule has 140 valence electrons. The molecule has 0 N–H and O–H groups in total. The number of likely N-dealkylation sites (tertiary alicyclic amines) is 1. The maximum atomic E-state index is 12.9. The number of piperidine rings is 1. The Hall–Kier alpha value is -1.88. The molecule has 2 heterocycles. The molecule has 0 bridgehead atoms. The van der Waals surface area contributed by atoms with Crippen LogP contribution in [0.25, 0.3) is 10.1 Å². The maximum absolute atomic E-state index is 12.9. The Labute approximate surface area is 168 Å². The Bertz CT molecular complexity index is 916. The number of halogens is 1. The van der Waals surface area contributed by atoms with Gasteiger partial charge in [-0.2, -0.15) is 0 Å². The molecule has 1 fully saturated rings. The molecular formula is C22H22ClNO2S. The average Bonchev–Trinajstić information content (AvgIpc) is 3.06. The van der Waals surface area contributed by atoms with Gasteiger partial charge in [-0.15, -0.1) is 11.3 Å². The Kier molecular flexibility index (Phi) is 5.77. The Morgan fingerprint density at radius 1 is 1.07 bits per heavy atom. The van der Waals surface area contributed by atoms with E-state index in [0.29, 0.717) is 22.4 Å². The van der Waals surface area contributed by atoms with Crippen molar-refractivity contribution in [3.63, 3.8) is 0 Å². The van der Waals surface area contributed by atoms with Crippen LogP contribution in [0.1, 0.15) is 28.1 Å². The molecule has 4 rings (SSSR count). The van der Waals surface area contributed by atoms with E-state index in [-0.39, 0.29) is 5.91 Å². The van der Waals surface area contributed by atoms with Crippen molar-refractivity contribution < 1.29 is 9.53 Å². The summed E-state index contributed by atoms with van der Waals surface area (Å²) in [7, 11) is 0. The number of carbonyl (C=O) groups excluding carboxylic acids is 1. The zero-order valence-corrected chi connectivity index (χ0v) is 16.6. The summed E-state index contributed by atoms with van der Waals surface area (Å²) in [6.07, 6.45) is 1.95. The van der Waals surface area contributed by atoms with Gasteiger partial charge in [-0.1, -0.05) is 60.1 Å². The van der Waals surface area contributed by atoms with Crippen molar-refractivity contribution in [3.8, 4) is 0 Å². The number of hydrogen-bond donors (Lipinski definition) is 0. The molecule has 2 aromatic carbocycles. The number of rotatable bonds is 5. The standard InChI is InChI=1S/C22H22ClNO2S/c23-20-18-8-4-5-9-19(18)27-21(20)22(25)24-12-10-17(11-13-24)15-26-14-16-6-2-1-3-7-16/h1-9,17H,10-15H2. The first-order chi connectivity index (χ1) is 13.2. The first-order valence-corrected chi connectivity index (χ1v) is 10.5. The number of thiophene rings is 1.